The van der Waals surface area contributed by atoms with Crippen LogP contribution in [0.15, 0.2) is 30.6 Å². The zero-order valence-electron chi connectivity index (χ0n) is 22.7. The van der Waals surface area contributed by atoms with E-state index in [4.69, 9.17) is 4.74 Å². The molecule has 0 saturated carbocycles. The summed E-state index contributed by atoms with van der Waals surface area (Å²) in [5, 5.41) is 5.74. The maximum absolute atomic E-state index is 13.5. The van der Waals surface area contributed by atoms with Gasteiger partial charge in [0.05, 0.1) is 6.20 Å². The molecule has 0 radical (unpaired) electrons. The summed E-state index contributed by atoms with van der Waals surface area (Å²) in [4.78, 5) is 34.8. The lowest BCUT2D eigenvalue weighted by Crippen LogP contribution is -2.55. The van der Waals surface area contributed by atoms with Crippen molar-refractivity contribution in [1.29, 1.82) is 0 Å². The average Bonchev–Trinajstić information content (AvgIpc) is 3.15. The molecule has 0 aliphatic rings. The van der Waals surface area contributed by atoms with Crippen molar-refractivity contribution in [2.75, 3.05) is 0 Å². The van der Waals surface area contributed by atoms with Gasteiger partial charge >= 0.3 is 6.09 Å². The van der Waals surface area contributed by atoms with Crippen molar-refractivity contribution in [3.63, 3.8) is 0 Å². The molecule has 8 nitrogen and oxygen atoms in total. The third-order valence-corrected chi connectivity index (χ3v) is 5.55. The van der Waals surface area contributed by atoms with Crippen molar-refractivity contribution in [3.05, 3.63) is 53.6 Å². The summed E-state index contributed by atoms with van der Waals surface area (Å²) in [5.74, 6) is 0.330. The molecule has 2 aromatic heterocycles. The van der Waals surface area contributed by atoms with E-state index in [1.807, 2.05) is 37.6 Å². The van der Waals surface area contributed by atoms with E-state index in [-0.39, 0.29) is 18.2 Å². The minimum atomic E-state index is -0.911. The van der Waals surface area contributed by atoms with Gasteiger partial charge in [0, 0.05) is 48.1 Å². The average molecular weight is 502 g/mol. The smallest absolute Gasteiger partial charge is 0.408 e. The Morgan fingerprint density at radius 3 is 2.42 bits per heavy atom. The number of rotatable bonds is 10. The van der Waals surface area contributed by atoms with E-state index in [0.717, 1.165) is 24.1 Å². The van der Waals surface area contributed by atoms with Crippen LogP contribution in [0.25, 0.3) is 6.20 Å². The Kier molecular flexibility index (Phi) is 9.78. The van der Waals surface area contributed by atoms with Crippen molar-refractivity contribution < 1.29 is 18.7 Å². The fraction of sp³-hybridized carbons (Fsp3) is 0.556. The van der Waals surface area contributed by atoms with Crippen LogP contribution in [0.1, 0.15) is 84.9 Å². The van der Waals surface area contributed by atoms with Crippen molar-refractivity contribution in [3.8, 4) is 0 Å². The van der Waals surface area contributed by atoms with Crippen LogP contribution in [-0.4, -0.2) is 43.7 Å². The normalized spacial score (nSPS) is 13.9. The number of halogens is 1. The molecule has 2 heterocycles. The van der Waals surface area contributed by atoms with Crippen molar-refractivity contribution >= 4 is 18.2 Å². The summed E-state index contributed by atoms with van der Waals surface area (Å²) in [6, 6.07) is 2.02. The van der Waals surface area contributed by atoms with Crippen molar-refractivity contribution in [2.45, 2.75) is 97.8 Å². The van der Waals surface area contributed by atoms with Gasteiger partial charge in [0.1, 0.15) is 23.3 Å². The van der Waals surface area contributed by atoms with E-state index < -0.39 is 29.1 Å². The molecule has 0 aromatic carbocycles. The maximum Gasteiger partial charge on any atom is 0.408 e. The molecule has 2 N–H and O–H groups in total. The number of imidazole rings is 1. The fourth-order valence-electron chi connectivity index (χ4n) is 3.73. The molecule has 0 aliphatic carbocycles. The van der Waals surface area contributed by atoms with E-state index in [9.17, 15) is 14.0 Å². The Bertz CT molecular complexity index is 1050. The Labute approximate surface area is 213 Å². The van der Waals surface area contributed by atoms with E-state index in [1.54, 1.807) is 33.0 Å². The largest absolute Gasteiger partial charge is 0.444 e. The molecule has 2 amide bonds. The Balaban J connectivity index is 2.30. The number of carbonyl (C=O) groups excluding carboxylic acids is 2. The SMILES string of the molecule is C/C=C\n1c(CC(NC(=O)OC(C)(C)C)C(=O)NC(C)(C)Cc2ccc(F)cn2)cnc1C(C)CC. The summed E-state index contributed by atoms with van der Waals surface area (Å²) in [5.41, 5.74) is 0.0105. The molecule has 0 fully saturated rings. The Morgan fingerprint density at radius 2 is 1.86 bits per heavy atom. The van der Waals surface area contributed by atoms with Crippen LogP contribution >= 0.6 is 0 Å². The molecule has 0 saturated heterocycles. The summed E-state index contributed by atoms with van der Waals surface area (Å²) in [7, 11) is 0. The Hall–Kier alpha value is -3.23. The first-order valence-corrected chi connectivity index (χ1v) is 12.4. The predicted molar refractivity (Wildman–Crippen MR) is 139 cm³/mol. The number of alkyl carbamates (subject to hydrolysis) is 1. The lowest BCUT2D eigenvalue weighted by atomic mass is 9.97. The predicted octanol–water partition coefficient (Wildman–Crippen LogP) is 4.99. The number of hydrogen-bond acceptors (Lipinski definition) is 5. The Morgan fingerprint density at radius 1 is 1.17 bits per heavy atom. The molecule has 2 rings (SSSR count). The number of hydrogen-bond donors (Lipinski definition) is 2. The number of allylic oxidation sites excluding steroid dienone is 1. The second-order valence-electron chi connectivity index (χ2n) is 10.7. The molecule has 0 aliphatic heterocycles. The van der Waals surface area contributed by atoms with E-state index >= 15 is 0 Å². The van der Waals surface area contributed by atoms with Crippen molar-refractivity contribution in [1.82, 2.24) is 25.2 Å². The quantitative estimate of drug-likeness (QED) is 0.478. The number of aromatic nitrogens is 3. The summed E-state index contributed by atoms with van der Waals surface area (Å²) in [6.45, 7) is 15.1. The van der Waals surface area contributed by atoms with Gasteiger partial charge in [0.15, 0.2) is 0 Å². The van der Waals surface area contributed by atoms with Crippen LogP contribution in [0.2, 0.25) is 0 Å². The molecule has 36 heavy (non-hydrogen) atoms. The van der Waals surface area contributed by atoms with Gasteiger partial charge in [-0.2, -0.15) is 0 Å². The van der Waals surface area contributed by atoms with Gasteiger partial charge < -0.3 is 19.9 Å². The highest BCUT2D eigenvalue weighted by molar-refractivity contribution is 5.86. The molecule has 9 heteroatoms. The van der Waals surface area contributed by atoms with Crippen molar-refractivity contribution in [2.24, 2.45) is 0 Å². The van der Waals surface area contributed by atoms with Gasteiger partial charge in [0.25, 0.3) is 0 Å². The van der Waals surface area contributed by atoms with Gasteiger partial charge in [-0.25, -0.2) is 14.2 Å². The molecule has 0 bridgehead atoms. The zero-order chi connectivity index (χ0) is 27.1. The number of ether oxygens (including phenoxy) is 1. The highest BCUT2D eigenvalue weighted by Crippen LogP contribution is 2.21. The molecule has 0 spiro atoms. The molecule has 2 atom stereocenters. The fourth-order valence-corrected chi connectivity index (χ4v) is 3.73. The minimum absolute atomic E-state index is 0.212. The van der Waals surface area contributed by atoms with Gasteiger partial charge in [-0.15, -0.1) is 0 Å². The molecule has 198 valence electrons. The summed E-state index contributed by atoms with van der Waals surface area (Å²) in [6.07, 6.45) is 7.54. The zero-order valence-corrected chi connectivity index (χ0v) is 22.7. The minimum Gasteiger partial charge on any atom is -0.444 e. The number of amides is 2. The number of nitrogens with zero attached hydrogens (tertiary/aromatic N) is 3. The van der Waals surface area contributed by atoms with Crippen LogP contribution in [0.5, 0.6) is 0 Å². The molecule has 2 unspecified atom stereocenters. The maximum atomic E-state index is 13.5. The van der Waals surface area contributed by atoms with Crippen LogP contribution < -0.4 is 10.6 Å². The third-order valence-electron chi connectivity index (χ3n) is 5.55. The standard InChI is InChI=1S/C27H40FN5O3/c1-9-13-33-21(17-30-23(33)18(3)10-2)14-22(31-25(35)36-26(4,5)6)24(34)32-27(7,8)15-20-12-11-19(28)16-29-20/h9,11-13,16-18,22H,10,14-15H2,1-8H3,(H,31,35)(H,32,34)/b13-9-. The van der Waals surface area contributed by atoms with E-state index in [1.165, 1.54) is 6.07 Å². The number of carbonyl (C=O) groups is 2. The van der Waals surface area contributed by atoms with Crippen LogP contribution in [-0.2, 0) is 22.4 Å². The first-order valence-electron chi connectivity index (χ1n) is 12.4. The highest BCUT2D eigenvalue weighted by atomic mass is 19.1. The van der Waals surface area contributed by atoms with Crippen LogP contribution in [0.3, 0.4) is 0 Å². The van der Waals surface area contributed by atoms with Gasteiger partial charge in [-0.05, 0) is 60.1 Å². The number of pyridine rings is 1. The monoisotopic (exact) mass is 501 g/mol. The second kappa shape index (κ2) is 12.1. The van der Waals surface area contributed by atoms with Crippen LogP contribution in [0, 0.1) is 5.82 Å². The lowest BCUT2D eigenvalue weighted by molar-refractivity contribution is -0.124. The van der Waals surface area contributed by atoms with E-state index in [0.29, 0.717) is 12.1 Å². The first-order chi connectivity index (χ1) is 16.7. The number of nitrogens with one attached hydrogen (secondary N) is 2. The van der Waals surface area contributed by atoms with Gasteiger partial charge in [0.2, 0.25) is 5.91 Å². The summed E-state index contributed by atoms with van der Waals surface area (Å²) < 4.78 is 20.6. The van der Waals surface area contributed by atoms with Gasteiger partial charge in [-0.1, -0.05) is 19.9 Å². The first kappa shape index (κ1) is 29.0. The lowest BCUT2D eigenvalue weighted by Gasteiger charge is -2.29. The second-order valence-corrected chi connectivity index (χ2v) is 10.7. The molecular weight excluding hydrogens is 461 g/mol. The van der Waals surface area contributed by atoms with Crippen LogP contribution in [0.4, 0.5) is 9.18 Å². The molecule has 2 aromatic rings. The van der Waals surface area contributed by atoms with E-state index in [2.05, 4.69) is 34.4 Å². The molecular formula is C27H40FN5O3. The summed E-state index contributed by atoms with van der Waals surface area (Å²) >= 11 is 0. The third kappa shape index (κ3) is 8.77. The van der Waals surface area contributed by atoms with Gasteiger partial charge in [-0.3, -0.25) is 9.78 Å². The highest BCUT2D eigenvalue weighted by Gasteiger charge is 2.30. The topological polar surface area (TPSA) is 98.1 Å².